The molecule has 2 atom stereocenters. The topological polar surface area (TPSA) is 29.5 Å². The molecule has 0 radical (unpaired) electrons. The van der Waals surface area contributed by atoms with Gasteiger partial charge in [-0.25, -0.2) is 4.89 Å². The lowest BCUT2D eigenvalue weighted by Crippen LogP contribution is -2.29. The molecule has 0 aliphatic heterocycles. The Labute approximate surface area is 73.8 Å². The van der Waals surface area contributed by atoms with Gasteiger partial charge in [0.1, 0.15) is 5.60 Å². The average Bonchev–Trinajstić information content (AvgIpc) is 2.72. The Morgan fingerprint density at radius 3 is 2.58 bits per heavy atom. The van der Waals surface area contributed by atoms with E-state index >= 15 is 0 Å². The van der Waals surface area contributed by atoms with E-state index in [-0.39, 0.29) is 5.60 Å². The van der Waals surface area contributed by atoms with Gasteiger partial charge in [0.05, 0.1) is 0 Å². The highest BCUT2D eigenvalue weighted by Gasteiger charge is 2.54. The van der Waals surface area contributed by atoms with Gasteiger partial charge in [-0.1, -0.05) is 19.8 Å². The lowest BCUT2D eigenvalue weighted by atomic mass is 9.91. The highest BCUT2D eigenvalue weighted by Crippen LogP contribution is 2.58. The van der Waals surface area contributed by atoms with Crippen molar-refractivity contribution in [3.63, 3.8) is 0 Å². The molecule has 70 valence electrons. The molecule has 2 aliphatic carbocycles. The third-order valence-corrected chi connectivity index (χ3v) is 3.52. The van der Waals surface area contributed by atoms with E-state index in [1.807, 2.05) is 0 Å². The van der Waals surface area contributed by atoms with E-state index in [0.29, 0.717) is 0 Å². The van der Waals surface area contributed by atoms with Gasteiger partial charge in [-0.3, -0.25) is 5.26 Å². The van der Waals surface area contributed by atoms with E-state index in [1.54, 1.807) is 0 Å². The van der Waals surface area contributed by atoms with Crippen LogP contribution in [0.5, 0.6) is 0 Å². The molecule has 0 bridgehead atoms. The van der Waals surface area contributed by atoms with E-state index in [9.17, 15) is 0 Å². The maximum atomic E-state index is 8.88. The van der Waals surface area contributed by atoms with Crippen LogP contribution in [0.4, 0.5) is 0 Å². The van der Waals surface area contributed by atoms with Crippen molar-refractivity contribution < 1.29 is 10.1 Å². The fourth-order valence-corrected chi connectivity index (χ4v) is 2.67. The Morgan fingerprint density at radius 1 is 1.42 bits per heavy atom. The van der Waals surface area contributed by atoms with Crippen molar-refractivity contribution in [3.05, 3.63) is 0 Å². The molecule has 0 heterocycles. The summed E-state index contributed by atoms with van der Waals surface area (Å²) in [7, 11) is 0. The smallest absolute Gasteiger partial charge is 0.104 e. The molecule has 0 amide bonds. The van der Waals surface area contributed by atoms with Gasteiger partial charge in [0.2, 0.25) is 0 Å². The summed E-state index contributed by atoms with van der Waals surface area (Å²) in [4.78, 5) is 4.70. The van der Waals surface area contributed by atoms with Crippen LogP contribution in [0, 0.1) is 11.8 Å². The minimum absolute atomic E-state index is 0.135. The van der Waals surface area contributed by atoms with E-state index in [0.717, 1.165) is 31.1 Å². The standard InChI is InChI=1S/C10H18O2/c1-2-3-4-10(12-11)6-8-5-9(8)7-10/h8-9,11H,2-7H2,1H3. The molecule has 0 aromatic rings. The van der Waals surface area contributed by atoms with Crippen LogP contribution < -0.4 is 0 Å². The predicted molar refractivity (Wildman–Crippen MR) is 46.8 cm³/mol. The molecule has 2 nitrogen and oxygen atoms in total. The summed E-state index contributed by atoms with van der Waals surface area (Å²) in [5.74, 6) is 1.77. The first-order valence-corrected chi connectivity index (χ1v) is 5.12. The Bertz CT molecular complexity index is 157. The van der Waals surface area contributed by atoms with Gasteiger partial charge < -0.3 is 0 Å². The second-order valence-electron chi connectivity index (χ2n) is 4.54. The van der Waals surface area contributed by atoms with Crippen LogP contribution in [0.3, 0.4) is 0 Å². The molecule has 2 unspecified atom stereocenters. The summed E-state index contributed by atoms with van der Waals surface area (Å²) >= 11 is 0. The maximum absolute atomic E-state index is 8.88. The number of rotatable bonds is 4. The zero-order valence-corrected chi connectivity index (χ0v) is 7.75. The molecule has 0 saturated heterocycles. The summed E-state index contributed by atoms with van der Waals surface area (Å²) in [6, 6.07) is 0. The molecular formula is C10H18O2. The quantitative estimate of drug-likeness (QED) is 0.519. The van der Waals surface area contributed by atoms with Crippen molar-refractivity contribution >= 4 is 0 Å². The molecule has 0 aromatic heterocycles. The van der Waals surface area contributed by atoms with Gasteiger partial charge in [-0.15, -0.1) is 0 Å². The average molecular weight is 170 g/mol. The summed E-state index contributed by atoms with van der Waals surface area (Å²) in [5, 5.41) is 8.88. The van der Waals surface area contributed by atoms with Crippen molar-refractivity contribution in [1.82, 2.24) is 0 Å². The monoisotopic (exact) mass is 170 g/mol. The van der Waals surface area contributed by atoms with Gasteiger partial charge in [-0.2, -0.15) is 0 Å². The van der Waals surface area contributed by atoms with Crippen molar-refractivity contribution in [2.75, 3.05) is 0 Å². The molecule has 2 heteroatoms. The van der Waals surface area contributed by atoms with E-state index in [4.69, 9.17) is 10.1 Å². The first kappa shape index (κ1) is 8.52. The molecule has 2 saturated carbocycles. The zero-order valence-electron chi connectivity index (χ0n) is 7.75. The Hall–Kier alpha value is -0.0800. The van der Waals surface area contributed by atoms with Gasteiger partial charge in [0, 0.05) is 0 Å². The normalized spacial score (nSPS) is 44.5. The largest absolute Gasteiger partial charge is 0.251 e. The van der Waals surface area contributed by atoms with Crippen molar-refractivity contribution in [1.29, 1.82) is 0 Å². The molecule has 1 N–H and O–H groups in total. The van der Waals surface area contributed by atoms with Crippen LogP contribution in [0.15, 0.2) is 0 Å². The minimum atomic E-state index is -0.135. The van der Waals surface area contributed by atoms with Gasteiger partial charge in [0.25, 0.3) is 0 Å². The van der Waals surface area contributed by atoms with Gasteiger partial charge >= 0.3 is 0 Å². The number of hydrogen-bond donors (Lipinski definition) is 1. The third-order valence-electron chi connectivity index (χ3n) is 3.52. The van der Waals surface area contributed by atoms with Gasteiger partial charge in [-0.05, 0) is 37.5 Å². The second kappa shape index (κ2) is 3.00. The highest BCUT2D eigenvalue weighted by molar-refractivity contribution is 5.04. The lowest BCUT2D eigenvalue weighted by molar-refractivity contribution is -0.326. The van der Waals surface area contributed by atoms with Crippen LogP contribution in [-0.4, -0.2) is 10.9 Å². The van der Waals surface area contributed by atoms with Crippen molar-refractivity contribution in [3.8, 4) is 0 Å². The molecule has 2 fully saturated rings. The van der Waals surface area contributed by atoms with Gasteiger partial charge in [0.15, 0.2) is 0 Å². The minimum Gasteiger partial charge on any atom is -0.251 e. The SMILES string of the molecule is CCCCC1(OO)CC2CC2C1. The van der Waals surface area contributed by atoms with Crippen molar-refractivity contribution in [2.45, 2.75) is 51.0 Å². The summed E-state index contributed by atoms with van der Waals surface area (Å²) in [6.45, 7) is 2.18. The van der Waals surface area contributed by atoms with E-state index < -0.39 is 0 Å². The molecule has 0 aromatic carbocycles. The van der Waals surface area contributed by atoms with Crippen LogP contribution in [-0.2, 0) is 4.89 Å². The fraction of sp³-hybridized carbons (Fsp3) is 1.00. The van der Waals surface area contributed by atoms with Crippen LogP contribution in [0.25, 0.3) is 0 Å². The summed E-state index contributed by atoms with van der Waals surface area (Å²) < 4.78 is 0. The molecule has 2 aliphatic rings. The summed E-state index contributed by atoms with van der Waals surface area (Å²) in [6.07, 6.45) is 7.02. The Morgan fingerprint density at radius 2 is 2.08 bits per heavy atom. The lowest BCUT2D eigenvalue weighted by Gasteiger charge is -2.26. The second-order valence-corrected chi connectivity index (χ2v) is 4.54. The third kappa shape index (κ3) is 1.38. The molecule has 0 spiro atoms. The van der Waals surface area contributed by atoms with Crippen LogP contribution in [0.1, 0.15) is 45.4 Å². The Kier molecular flexibility index (Phi) is 2.13. The van der Waals surface area contributed by atoms with Crippen LogP contribution >= 0.6 is 0 Å². The maximum Gasteiger partial charge on any atom is 0.104 e. The van der Waals surface area contributed by atoms with E-state index in [2.05, 4.69) is 6.92 Å². The first-order chi connectivity index (χ1) is 5.79. The number of unbranched alkanes of at least 4 members (excludes halogenated alkanes) is 1. The zero-order chi connectivity index (χ0) is 8.60. The predicted octanol–water partition coefficient (Wildman–Crippen LogP) is 2.83. The molecule has 2 rings (SSSR count). The Balaban J connectivity index is 1.87. The van der Waals surface area contributed by atoms with Crippen molar-refractivity contribution in [2.24, 2.45) is 11.8 Å². The van der Waals surface area contributed by atoms with E-state index in [1.165, 1.54) is 19.3 Å². The number of fused-ring (bicyclic) bond motifs is 1. The first-order valence-electron chi connectivity index (χ1n) is 5.12. The molecular weight excluding hydrogens is 152 g/mol. The van der Waals surface area contributed by atoms with Crippen LogP contribution in [0.2, 0.25) is 0 Å². The number of hydrogen-bond acceptors (Lipinski definition) is 2. The molecule has 12 heavy (non-hydrogen) atoms. The fourth-order valence-electron chi connectivity index (χ4n) is 2.67. The highest BCUT2D eigenvalue weighted by atomic mass is 17.1. The summed E-state index contributed by atoms with van der Waals surface area (Å²) in [5.41, 5.74) is -0.135.